The summed E-state index contributed by atoms with van der Waals surface area (Å²) in [7, 11) is 1.74. The summed E-state index contributed by atoms with van der Waals surface area (Å²) in [6, 6.07) is 5.42. The average molecular weight is 560 g/mol. The van der Waals surface area contributed by atoms with Crippen molar-refractivity contribution in [2.24, 2.45) is 7.05 Å². The summed E-state index contributed by atoms with van der Waals surface area (Å²) in [5, 5.41) is 14.4. The van der Waals surface area contributed by atoms with Gasteiger partial charge in [-0.2, -0.15) is 0 Å². The maximum absolute atomic E-state index is 13.4. The first kappa shape index (κ1) is 27.8. The first-order valence-electron chi connectivity index (χ1n) is 12.5. The van der Waals surface area contributed by atoms with E-state index < -0.39 is 22.9 Å². The average Bonchev–Trinajstić information content (AvgIpc) is 3.31. The molecular formula is C26H30FN5O4S2. The lowest BCUT2D eigenvalue weighted by atomic mass is 10.1. The van der Waals surface area contributed by atoms with Gasteiger partial charge in [-0.15, -0.1) is 21.5 Å². The second-order valence-electron chi connectivity index (χ2n) is 8.89. The van der Waals surface area contributed by atoms with E-state index in [2.05, 4.69) is 20.8 Å². The van der Waals surface area contributed by atoms with Gasteiger partial charge in [0, 0.05) is 17.5 Å². The number of aromatic nitrogens is 3. The second-order valence-corrected chi connectivity index (χ2v) is 11.3. The van der Waals surface area contributed by atoms with E-state index >= 15 is 0 Å². The molecule has 1 aliphatic rings. The molecule has 0 spiro atoms. The molecule has 0 unspecified atom stereocenters. The highest BCUT2D eigenvalue weighted by atomic mass is 32.2. The lowest BCUT2D eigenvalue weighted by Gasteiger charge is -2.12. The summed E-state index contributed by atoms with van der Waals surface area (Å²) >= 11 is 2.68. The number of ether oxygens (including phenoxy) is 1. The number of nitrogens with one attached hydrogen (secondary N) is 2. The number of anilines is 1. The van der Waals surface area contributed by atoms with Gasteiger partial charge in [-0.05, 0) is 63.3 Å². The van der Waals surface area contributed by atoms with Gasteiger partial charge in [0.15, 0.2) is 11.0 Å². The topological polar surface area (TPSA) is 115 Å². The highest BCUT2D eigenvalue weighted by molar-refractivity contribution is 8.00. The number of halogens is 1. The number of esters is 1. The number of thioether (sulfide) groups is 1. The summed E-state index contributed by atoms with van der Waals surface area (Å²) < 4.78 is 20.4. The molecule has 2 amide bonds. The van der Waals surface area contributed by atoms with Crippen molar-refractivity contribution in [3.8, 4) is 0 Å². The van der Waals surface area contributed by atoms with Gasteiger partial charge >= 0.3 is 5.97 Å². The van der Waals surface area contributed by atoms with E-state index in [0.717, 1.165) is 48.6 Å². The van der Waals surface area contributed by atoms with Crippen LogP contribution in [0, 0.1) is 5.82 Å². The van der Waals surface area contributed by atoms with Crippen LogP contribution in [0.25, 0.3) is 0 Å². The van der Waals surface area contributed by atoms with Crippen LogP contribution in [-0.2, 0) is 36.0 Å². The van der Waals surface area contributed by atoms with Crippen molar-refractivity contribution in [1.82, 2.24) is 20.1 Å². The molecule has 9 nitrogen and oxygen atoms in total. The minimum atomic E-state index is -0.537. The van der Waals surface area contributed by atoms with Crippen LogP contribution in [0.1, 0.15) is 70.1 Å². The largest absolute Gasteiger partial charge is 0.462 e. The lowest BCUT2D eigenvalue weighted by Crippen LogP contribution is -2.25. The van der Waals surface area contributed by atoms with Crippen molar-refractivity contribution in [3.05, 3.63) is 57.5 Å². The minimum absolute atomic E-state index is 0.0869. The van der Waals surface area contributed by atoms with Crippen LogP contribution in [0.4, 0.5) is 9.39 Å². The van der Waals surface area contributed by atoms with Crippen molar-refractivity contribution in [3.63, 3.8) is 0 Å². The zero-order valence-electron chi connectivity index (χ0n) is 21.5. The number of aryl methyl sites for hydroxylation is 1. The standard InChI is InChI=1S/C26H30FN5O4S2/c1-4-36-25(35)21-18-11-6-5-7-12-19(18)38-24(21)29-22(33)15(2)37-26-31-30-20(32(26)3)14-28-23(34)16-9-8-10-17(27)13-16/h8-10,13,15H,4-7,11-12,14H2,1-3H3,(H,28,34)(H,29,33)/t15-/m0/s1. The van der Waals surface area contributed by atoms with Gasteiger partial charge in [0.2, 0.25) is 5.91 Å². The predicted octanol–water partition coefficient (Wildman–Crippen LogP) is 4.51. The number of hydrogen-bond donors (Lipinski definition) is 2. The zero-order valence-corrected chi connectivity index (χ0v) is 23.1. The van der Waals surface area contributed by atoms with Gasteiger partial charge in [-0.3, -0.25) is 9.59 Å². The summed E-state index contributed by atoms with van der Waals surface area (Å²) in [6.45, 7) is 3.87. The van der Waals surface area contributed by atoms with Gasteiger partial charge in [0.1, 0.15) is 10.8 Å². The molecule has 2 heterocycles. The maximum atomic E-state index is 13.4. The van der Waals surface area contributed by atoms with Crippen LogP contribution in [0.2, 0.25) is 0 Å². The Labute approximate surface area is 228 Å². The first-order valence-corrected chi connectivity index (χ1v) is 14.2. The number of fused-ring (bicyclic) bond motifs is 1. The fourth-order valence-corrected chi connectivity index (χ4v) is 6.28. The van der Waals surface area contributed by atoms with Crippen LogP contribution < -0.4 is 10.6 Å². The van der Waals surface area contributed by atoms with Crippen molar-refractivity contribution < 1.29 is 23.5 Å². The number of carbonyl (C=O) groups is 3. The first-order chi connectivity index (χ1) is 18.3. The van der Waals surface area contributed by atoms with Crippen molar-refractivity contribution in [2.75, 3.05) is 11.9 Å². The van der Waals surface area contributed by atoms with E-state index in [1.54, 1.807) is 25.5 Å². The van der Waals surface area contributed by atoms with Crippen LogP contribution in [0.3, 0.4) is 0 Å². The monoisotopic (exact) mass is 559 g/mol. The Kier molecular flexibility index (Phi) is 9.16. The normalized spacial score (nSPS) is 13.8. The Morgan fingerprint density at radius 2 is 2.00 bits per heavy atom. The zero-order chi connectivity index (χ0) is 27.2. The van der Waals surface area contributed by atoms with Crippen LogP contribution in [0.15, 0.2) is 29.4 Å². The molecule has 0 fully saturated rings. The van der Waals surface area contributed by atoms with E-state index in [-0.39, 0.29) is 24.6 Å². The second kappa shape index (κ2) is 12.5. The molecule has 0 saturated heterocycles. The van der Waals surface area contributed by atoms with E-state index in [4.69, 9.17) is 4.74 Å². The molecule has 1 aromatic carbocycles. The highest BCUT2D eigenvalue weighted by Crippen LogP contribution is 2.38. The fraction of sp³-hybridized carbons (Fsp3) is 0.423. The molecule has 2 N–H and O–H groups in total. The van der Waals surface area contributed by atoms with E-state index in [9.17, 15) is 18.8 Å². The number of hydrogen-bond acceptors (Lipinski definition) is 8. The molecule has 2 aromatic heterocycles. The molecule has 38 heavy (non-hydrogen) atoms. The predicted molar refractivity (Wildman–Crippen MR) is 144 cm³/mol. The Morgan fingerprint density at radius 1 is 1.21 bits per heavy atom. The summed E-state index contributed by atoms with van der Waals surface area (Å²) in [5.41, 5.74) is 1.69. The maximum Gasteiger partial charge on any atom is 0.341 e. The molecule has 1 aliphatic carbocycles. The van der Waals surface area contributed by atoms with Gasteiger partial charge < -0.3 is 19.9 Å². The molecule has 0 aliphatic heterocycles. The number of rotatable bonds is 9. The van der Waals surface area contributed by atoms with Crippen LogP contribution in [-0.4, -0.2) is 44.4 Å². The number of benzene rings is 1. The molecule has 12 heteroatoms. The van der Waals surface area contributed by atoms with Gasteiger partial charge in [0.05, 0.1) is 24.0 Å². The van der Waals surface area contributed by atoms with Gasteiger partial charge in [0.25, 0.3) is 5.91 Å². The van der Waals surface area contributed by atoms with Crippen molar-refractivity contribution in [1.29, 1.82) is 0 Å². The molecule has 1 atom stereocenters. The molecule has 0 radical (unpaired) electrons. The molecule has 3 aromatic rings. The minimum Gasteiger partial charge on any atom is -0.462 e. The molecule has 0 bridgehead atoms. The quantitative estimate of drug-likeness (QED) is 0.225. The molecule has 0 saturated carbocycles. The smallest absolute Gasteiger partial charge is 0.341 e. The molecule has 202 valence electrons. The van der Waals surface area contributed by atoms with Crippen molar-refractivity contribution >= 4 is 45.9 Å². The van der Waals surface area contributed by atoms with E-state index in [1.807, 2.05) is 0 Å². The number of nitrogens with zero attached hydrogens (tertiary/aromatic N) is 3. The molecule has 4 rings (SSSR count). The fourth-order valence-electron chi connectivity index (χ4n) is 4.17. The van der Waals surface area contributed by atoms with Crippen LogP contribution >= 0.6 is 23.1 Å². The van der Waals surface area contributed by atoms with E-state index in [0.29, 0.717) is 21.5 Å². The molecular weight excluding hydrogens is 529 g/mol. The van der Waals surface area contributed by atoms with Gasteiger partial charge in [-0.1, -0.05) is 24.2 Å². The summed E-state index contributed by atoms with van der Waals surface area (Å²) in [4.78, 5) is 39.4. The van der Waals surface area contributed by atoms with Crippen LogP contribution in [0.5, 0.6) is 0 Å². The Hall–Kier alpha value is -3.25. The van der Waals surface area contributed by atoms with E-state index in [1.165, 1.54) is 41.3 Å². The van der Waals surface area contributed by atoms with Gasteiger partial charge in [-0.25, -0.2) is 9.18 Å². The number of thiophene rings is 1. The summed E-state index contributed by atoms with van der Waals surface area (Å²) in [5.74, 6) is -1.10. The highest BCUT2D eigenvalue weighted by Gasteiger charge is 2.28. The SMILES string of the molecule is CCOC(=O)c1c(NC(=O)[C@H](C)Sc2nnc(CNC(=O)c3cccc(F)c3)n2C)sc2c1CCCCC2. The summed E-state index contributed by atoms with van der Waals surface area (Å²) in [6.07, 6.45) is 4.88. The number of carbonyl (C=O) groups excluding carboxylic acids is 3. The van der Waals surface area contributed by atoms with Crippen molar-refractivity contribution in [2.45, 2.75) is 62.9 Å². The Balaban J connectivity index is 1.41. The number of amides is 2. The Bertz CT molecular complexity index is 1340. The lowest BCUT2D eigenvalue weighted by molar-refractivity contribution is -0.115. The third-order valence-corrected chi connectivity index (χ3v) is 8.55. The third kappa shape index (κ3) is 6.41. The third-order valence-electron chi connectivity index (χ3n) is 6.21. The Morgan fingerprint density at radius 3 is 2.76 bits per heavy atom.